The van der Waals surface area contributed by atoms with E-state index in [9.17, 15) is 9.18 Å². The van der Waals surface area contributed by atoms with Crippen LogP contribution >= 0.6 is 0 Å². The molecule has 0 heterocycles. The third kappa shape index (κ3) is 3.28. The third-order valence-corrected chi connectivity index (χ3v) is 3.94. The highest BCUT2D eigenvalue weighted by atomic mass is 19.1. The number of hydrogen-bond donors (Lipinski definition) is 2. The molecular formula is C15H21FN2O2. The van der Waals surface area contributed by atoms with E-state index in [1.807, 2.05) is 0 Å². The molecule has 0 saturated heterocycles. The number of rotatable bonds is 4. The maximum Gasteiger partial charge on any atom is 0.251 e. The van der Waals surface area contributed by atoms with E-state index in [1.165, 1.54) is 19.2 Å². The number of carbonyl (C=O) groups excluding carboxylic acids is 1. The van der Waals surface area contributed by atoms with Crippen LogP contribution in [0.15, 0.2) is 18.2 Å². The van der Waals surface area contributed by atoms with Gasteiger partial charge in [-0.15, -0.1) is 0 Å². The standard InChI is InChI=1S/C15H21FN2O2/c1-20-14-7-6-10(8-12(14)16)15(19)18-13-5-3-2-4-11(13)9-17/h6-8,11,13H,2-5,9,17H2,1H3,(H,18,19). The van der Waals surface area contributed by atoms with Gasteiger partial charge in [-0.05, 0) is 43.5 Å². The maximum atomic E-state index is 13.6. The zero-order valence-corrected chi connectivity index (χ0v) is 11.7. The highest BCUT2D eigenvalue weighted by Crippen LogP contribution is 2.24. The lowest BCUT2D eigenvalue weighted by molar-refractivity contribution is 0.0907. The van der Waals surface area contributed by atoms with Crippen molar-refractivity contribution in [3.63, 3.8) is 0 Å². The number of benzene rings is 1. The average molecular weight is 280 g/mol. The SMILES string of the molecule is COc1ccc(C(=O)NC2CCCCC2CN)cc1F. The van der Waals surface area contributed by atoms with Gasteiger partial charge in [-0.25, -0.2) is 4.39 Å². The molecule has 0 spiro atoms. The molecule has 2 atom stereocenters. The fraction of sp³-hybridized carbons (Fsp3) is 0.533. The maximum absolute atomic E-state index is 13.6. The summed E-state index contributed by atoms with van der Waals surface area (Å²) in [6, 6.07) is 4.32. The van der Waals surface area contributed by atoms with Crippen LogP contribution in [-0.4, -0.2) is 25.6 Å². The molecule has 1 aromatic rings. The van der Waals surface area contributed by atoms with E-state index in [1.54, 1.807) is 6.07 Å². The number of ether oxygens (including phenoxy) is 1. The van der Waals surface area contributed by atoms with Gasteiger partial charge in [0.2, 0.25) is 0 Å². The molecule has 0 radical (unpaired) electrons. The van der Waals surface area contributed by atoms with Crippen molar-refractivity contribution in [2.45, 2.75) is 31.7 Å². The molecule has 1 aliphatic carbocycles. The molecule has 110 valence electrons. The zero-order chi connectivity index (χ0) is 14.5. The van der Waals surface area contributed by atoms with Crippen molar-refractivity contribution in [1.82, 2.24) is 5.32 Å². The van der Waals surface area contributed by atoms with Crippen molar-refractivity contribution >= 4 is 5.91 Å². The normalized spacial score (nSPS) is 22.4. The van der Waals surface area contributed by atoms with Gasteiger partial charge in [-0.1, -0.05) is 12.8 Å². The Morgan fingerprint density at radius 1 is 1.45 bits per heavy atom. The van der Waals surface area contributed by atoms with Crippen LogP contribution in [0.5, 0.6) is 5.75 Å². The molecule has 4 nitrogen and oxygen atoms in total. The summed E-state index contributed by atoms with van der Waals surface area (Å²) in [4.78, 5) is 12.2. The molecule has 2 rings (SSSR count). The Morgan fingerprint density at radius 2 is 2.20 bits per heavy atom. The number of methoxy groups -OCH3 is 1. The Bertz CT molecular complexity index is 479. The molecule has 3 N–H and O–H groups in total. The molecule has 5 heteroatoms. The minimum absolute atomic E-state index is 0.0893. The van der Waals surface area contributed by atoms with E-state index in [0.717, 1.165) is 25.7 Å². The fourth-order valence-corrected chi connectivity index (χ4v) is 2.74. The van der Waals surface area contributed by atoms with Crippen LogP contribution in [0, 0.1) is 11.7 Å². The second kappa shape index (κ2) is 6.70. The van der Waals surface area contributed by atoms with Gasteiger partial charge in [0.25, 0.3) is 5.91 Å². The van der Waals surface area contributed by atoms with E-state index in [2.05, 4.69) is 5.32 Å². The molecule has 0 bridgehead atoms. The van der Waals surface area contributed by atoms with Gasteiger partial charge in [-0.2, -0.15) is 0 Å². The minimum atomic E-state index is -0.529. The van der Waals surface area contributed by atoms with E-state index < -0.39 is 5.82 Å². The summed E-state index contributed by atoms with van der Waals surface area (Å²) >= 11 is 0. The number of amides is 1. The van der Waals surface area contributed by atoms with E-state index >= 15 is 0 Å². The largest absolute Gasteiger partial charge is 0.494 e. The highest BCUT2D eigenvalue weighted by molar-refractivity contribution is 5.94. The third-order valence-electron chi connectivity index (χ3n) is 3.94. The zero-order valence-electron chi connectivity index (χ0n) is 11.7. The second-order valence-electron chi connectivity index (χ2n) is 5.21. The summed E-state index contributed by atoms with van der Waals surface area (Å²) in [7, 11) is 1.39. The average Bonchev–Trinajstić information content (AvgIpc) is 2.47. The van der Waals surface area contributed by atoms with Crippen LogP contribution in [0.3, 0.4) is 0 Å². The van der Waals surface area contributed by atoms with Gasteiger partial charge in [0.05, 0.1) is 7.11 Å². The quantitative estimate of drug-likeness (QED) is 0.887. The minimum Gasteiger partial charge on any atom is -0.494 e. The first-order chi connectivity index (χ1) is 9.65. The Kier molecular flexibility index (Phi) is 4.95. The molecule has 0 aliphatic heterocycles. The van der Waals surface area contributed by atoms with Crippen molar-refractivity contribution in [2.24, 2.45) is 11.7 Å². The fourth-order valence-electron chi connectivity index (χ4n) is 2.74. The summed E-state index contributed by atoms with van der Waals surface area (Å²) in [5.74, 6) is -0.328. The van der Waals surface area contributed by atoms with Crippen LogP contribution < -0.4 is 15.8 Å². The molecule has 1 fully saturated rings. The first kappa shape index (κ1) is 14.8. The molecule has 0 aromatic heterocycles. The predicted octanol–water partition coefficient (Wildman–Crippen LogP) is 2.08. The molecule has 2 unspecified atom stereocenters. The van der Waals surface area contributed by atoms with Crippen LogP contribution in [0.25, 0.3) is 0 Å². The van der Waals surface area contributed by atoms with Crippen molar-refractivity contribution in [3.8, 4) is 5.75 Å². The van der Waals surface area contributed by atoms with E-state index in [4.69, 9.17) is 10.5 Å². The molecule has 1 amide bonds. The van der Waals surface area contributed by atoms with Gasteiger partial charge in [0, 0.05) is 11.6 Å². The second-order valence-corrected chi connectivity index (χ2v) is 5.21. The lowest BCUT2D eigenvalue weighted by Gasteiger charge is -2.31. The Morgan fingerprint density at radius 3 is 2.85 bits per heavy atom. The molecule has 1 aliphatic rings. The lowest BCUT2D eigenvalue weighted by atomic mass is 9.84. The lowest BCUT2D eigenvalue weighted by Crippen LogP contribution is -2.44. The molecule has 1 aromatic carbocycles. The van der Waals surface area contributed by atoms with Crippen molar-refractivity contribution in [1.29, 1.82) is 0 Å². The molecule has 1 saturated carbocycles. The Balaban J connectivity index is 2.05. The number of hydrogen-bond acceptors (Lipinski definition) is 3. The Labute approximate surface area is 118 Å². The summed E-state index contributed by atoms with van der Waals surface area (Å²) < 4.78 is 18.4. The number of nitrogens with two attached hydrogens (primary N) is 1. The Hall–Kier alpha value is -1.62. The smallest absolute Gasteiger partial charge is 0.251 e. The van der Waals surface area contributed by atoms with Crippen LogP contribution in [0.1, 0.15) is 36.0 Å². The summed E-state index contributed by atoms with van der Waals surface area (Å²) in [6.45, 7) is 0.571. The topological polar surface area (TPSA) is 64.3 Å². The van der Waals surface area contributed by atoms with Crippen molar-refractivity contribution < 1.29 is 13.9 Å². The van der Waals surface area contributed by atoms with Gasteiger partial charge >= 0.3 is 0 Å². The predicted molar refractivity (Wildman–Crippen MR) is 75.2 cm³/mol. The number of halogens is 1. The molecule has 20 heavy (non-hydrogen) atoms. The van der Waals surface area contributed by atoms with Gasteiger partial charge in [0.15, 0.2) is 11.6 Å². The number of carbonyl (C=O) groups is 1. The first-order valence-corrected chi connectivity index (χ1v) is 7.00. The van der Waals surface area contributed by atoms with Crippen LogP contribution in [0.4, 0.5) is 4.39 Å². The van der Waals surface area contributed by atoms with Crippen molar-refractivity contribution in [2.75, 3.05) is 13.7 Å². The summed E-state index contributed by atoms with van der Waals surface area (Å²) in [5, 5.41) is 2.97. The van der Waals surface area contributed by atoms with E-state index in [-0.39, 0.29) is 17.7 Å². The monoisotopic (exact) mass is 280 g/mol. The highest BCUT2D eigenvalue weighted by Gasteiger charge is 2.25. The number of nitrogens with one attached hydrogen (secondary N) is 1. The van der Waals surface area contributed by atoms with E-state index in [0.29, 0.717) is 18.0 Å². The van der Waals surface area contributed by atoms with Gasteiger partial charge in [0.1, 0.15) is 0 Å². The molecular weight excluding hydrogens is 259 g/mol. The van der Waals surface area contributed by atoms with Crippen LogP contribution in [0.2, 0.25) is 0 Å². The van der Waals surface area contributed by atoms with Gasteiger partial charge < -0.3 is 15.8 Å². The van der Waals surface area contributed by atoms with Gasteiger partial charge in [-0.3, -0.25) is 4.79 Å². The van der Waals surface area contributed by atoms with Crippen LogP contribution in [-0.2, 0) is 0 Å². The first-order valence-electron chi connectivity index (χ1n) is 7.00. The summed E-state index contributed by atoms with van der Waals surface area (Å²) in [5.41, 5.74) is 6.05. The summed E-state index contributed by atoms with van der Waals surface area (Å²) in [6.07, 6.45) is 4.23. The van der Waals surface area contributed by atoms with Crippen molar-refractivity contribution in [3.05, 3.63) is 29.6 Å².